The lowest BCUT2D eigenvalue weighted by molar-refractivity contribution is 0.0285. The van der Waals surface area contributed by atoms with Crippen LogP contribution in [0.2, 0.25) is 0 Å². The van der Waals surface area contributed by atoms with E-state index in [0.717, 1.165) is 4.47 Å². The Labute approximate surface area is 97.4 Å². The zero-order chi connectivity index (χ0) is 11.5. The van der Waals surface area contributed by atoms with Crippen molar-refractivity contribution in [3.05, 3.63) is 28.2 Å². The Balaban J connectivity index is 2.76. The molecule has 0 radical (unpaired) electrons. The van der Waals surface area contributed by atoms with E-state index in [1.165, 1.54) is 0 Å². The molecule has 1 N–H and O–H groups in total. The number of benzene rings is 1. The number of aliphatic hydroxyl groups is 1. The van der Waals surface area contributed by atoms with Crippen LogP contribution in [0.3, 0.4) is 0 Å². The number of ether oxygens (including phenoxy) is 1. The molecule has 0 aliphatic carbocycles. The van der Waals surface area contributed by atoms with Gasteiger partial charge in [0.05, 0.1) is 11.2 Å². The van der Waals surface area contributed by atoms with Crippen molar-refractivity contribution in [3.8, 4) is 11.8 Å². The number of nitrogens with zero attached hydrogens (tertiary/aromatic N) is 1. The maximum Gasteiger partial charge on any atom is 0.120 e. The molecule has 4 heteroatoms. The zero-order valence-corrected chi connectivity index (χ0v) is 10.2. The summed E-state index contributed by atoms with van der Waals surface area (Å²) in [5, 5.41) is 18.2. The highest BCUT2D eigenvalue weighted by molar-refractivity contribution is 9.10. The maximum absolute atomic E-state index is 9.46. The maximum atomic E-state index is 9.46. The van der Waals surface area contributed by atoms with Gasteiger partial charge in [0, 0.05) is 4.47 Å². The summed E-state index contributed by atoms with van der Waals surface area (Å²) < 4.78 is 6.08. The molecule has 1 aromatic carbocycles. The minimum atomic E-state index is -0.875. The summed E-state index contributed by atoms with van der Waals surface area (Å²) in [6.07, 6.45) is 0. The normalized spacial score (nSPS) is 10.9. The monoisotopic (exact) mass is 269 g/mol. The van der Waals surface area contributed by atoms with E-state index in [0.29, 0.717) is 11.3 Å². The highest BCUT2D eigenvalue weighted by Crippen LogP contribution is 2.22. The van der Waals surface area contributed by atoms with Gasteiger partial charge in [0.1, 0.15) is 18.4 Å². The average Bonchev–Trinajstić information content (AvgIpc) is 2.15. The van der Waals surface area contributed by atoms with Crippen LogP contribution in [0.4, 0.5) is 0 Å². The molecule has 0 aromatic heterocycles. The van der Waals surface area contributed by atoms with Gasteiger partial charge >= 0.3 is 0 Å². The van der Waals surface area contributed by atoms with Crippen LogP contribution < -0.4 is 4.74 Å². The van der Waals surface area contributed by atoms with E-state index in [4.69, 9.17) is 10.00 Å². The van der Waals surface area contributed by atoms with Crippen LogP contribution in [0.5, 0.6) is 5.75 Å². The van der Waals surface area contributed by atoms with Gasteiger partial charge in [0.25, 0.3) is 0 Å². The Hall–Kier alpha value is -1.05. The van der Waals surface area contributed by atoms with E-state index in [2.05, 4.69) is 15.9 Å². The minimum absolute atomic E-state index is 0.194. The fourth-order valence-electron chi connectivity index (χ4n) is 0.940. The van der Waals surface area contributed by atoms with Crippen LogP contribution in [0.1, 0.15) is 19.4 Å². The molecule has 0 amide bonds. The molecule has 0 aliphatic rings. The van der Waals surface area contributed by atoms with Crippen molar-refractivity contribution in [3.63, 3.8) is 0 Å². The van der Waals surface area contributed by atoms with Crippen molar-refractivity contribution in [1.29, 1.82) is 5.26 Å². The summed E-state index contributed by atoms with van der Waals surface area (Å²) in [5.41, 5.74) is -0.358. The first-order valence-corrected chi connectivity index (χ1v) is 5.26. The molecule has 0 bridgehead atoms. The van der Waals surface area contributed by atoms with Crippen LogP contribution in [-0.4, -0.2) is 17.3 Å². The number of hydrogen-bond acceptors (Lipinski definition) is 3. The first-order chi connectivity index (χ1) is 6.92. The summed E-state index contributed by atoms with van der Waals surface area (Å²) in [5.74, 6) is 0.580. The smallest absolute Gasteiger partial charge is 0.120 e. The van der Waals surface area contributed by atoms with Gasteiger partial charge in [-0.25, -0.2) is 0 Å². The van der Waals surface area contributed by atoms with Gasteiger partial charge < -0.3 is 9.84 Å². The van der Waals surface area contributed by atoms with Crippen LogP contribution in [0, 0.1) is 11.3 Å². The van der Waals surface area contributed by atoms with Crippen molar-refractivity contribution >= 4 is 15.9 Å². The third-order valence-electron chi connectivity index (χ3n) is 1.65. The number of hydrogen-bond donors (Lipinski definition) is 1. The number of rotatable bonds is 3. The van der Waals surface area contributed by atoms with E-state index in [1.807, 2.05) is 6.07 Å². The predicted octanol–water partition coefficient (Wildman–Crippen LogP) is 2.47. The lowest BCUT2D eigenvalue weighted by Crippen LogP contribution is -2.27. The highest BCUT2D eigenvalue weighted by Gasteiger charge is 2.13. The molecular weight excluding hydrogens is 258 g/mol. The molecule has 15 heavy (non-hydrogen) atoms. The largest absolute Gasteiger partial charge is 0.491 e. The molecule has 3 nitrogen and oxygen atoms in total. The van der Waals surface area contributed by atoms with Crippen LogP contribution in [0.15, 0.2) is 22.7 Å². The van der Waals surface area contributed by atoms with Gasteiger partial charge in [-0.2, -0.15) is 5.26 Å². The third-order valence-corrected chi connectivity index (χ3v) is 2.34. The fourth-order valence-corrected chi connectivity index (χ4v) is 1.28. The van der Waals surface area contributed by atoms with Gasteiger partial charge in [0.15, 0.2) is 0 Å². The van der Waals surface area contributed by atoms with Gasteiger partial charge in [-0.3, -0.25) is 0 Å². The molecule has 0 aliphatic heterocycles. The van der Waals surface area contributed by atoms with E-state index < -0.39 is 5.60 Å². The molecule has 0 saturated carbocycles. The SMILES string of the molecule is CC(C)(O)COc1ccc(Br)c(C#N)c1. The number of halogens is 1. The van der Waals surface area contributed by atoms with Crippen LogP contribution in [-0.2, 0) is 0 Å². The highest BCUT2D eigenvalue weighted by atomic mass is 79.9. The van der Waals surface area contributed by atoms with Crippen LogP contribution >= 0.6 is 15.9 Å². The quantitative estimate of drug-likeness (QED) is 0.917. The average molecular weight is 270 g/mol. The summed E-state index contributed by atoms with van der Waals surface area (Å²) >= 11 is 3.25. The Bertz CT molecular complexity index is 391. The van der Waals surface area contributed by atoms with E-state index in [9.17, 15) is 5.11 Å². The van der Waals surface area contributed by atoms with Crippen molar-refractivity contribution in [1.82, 2.24) is 0 Å². The molecule has 1 rings (SSSR count). The van der Waals surface area contributed by atoms with Crippen molar-refractivity contribution in [2.45, 2.75) is 19.4 Å². The van der Waals surface area contributed by atoms with Crippen molar-refractivity contribution < 1.29 is 9.84 Å². The Morgan fingerprint density at radius 1 is 1.53 bits per heavy atom. The molecule has 0 saturated heterocycles. The van der Waals surface area contributed by atoms with Crippen LogP contribution in [0.25, 0.3) is 0 Å². The first kappa shape index (κ1) is 12.0. The first-order valence-electron chi connectivity index (χ1n) is 4.47. The van der Waals surface area contributed by atoms with E-state index in [1.54, 1.807) is 32.0 Å². The topological polar surface area (TPSA) is 53.2 Å². The molecular formula is C11H12BrNO2. The van der Waals surface area contributed by atoms with Gasteiger partial charge in [-0.05, 0) is 48.0 Å². The lowest BCUT2D eigenvalue weighted by Gasteiger charge is -2.17. The van der Waals surface area contributed by atoms with Gasteiger partial charge in [-0.15, -0.1) is 0 Å². The van der Waals surface area contributed by atoms with Gasteiger partial charge in [0.2, 0.25) is 0 Å². The Morgan fingerprint density at radius 2 is 2.20 bits per heavy atom. The second kappa shape index (κ2) is 4.65. The molecule has 0 fully saturated rings. The minimum Gasteiger partial charge on any atom is -0.491 e. The Kier molecular flexibility index (Phi) is 3.72. The summed E-state index contributed by atoms with van der Waals surface area (Å²) in [7, 11) is 0. The molecule has 0 atom stereocenters. The summed E-state index contributed by atoms with van der Waals surface area (Å²) in [6, 6.07) is 7.17. The summed E-state index contributed by atoms with van der Waals surface area (Å²) in [6.45, 7) is 3.52. The van der Waals surface area contributed by atoms with E-state index >= 15 is 0 Å². The van der Waals surface area contributed by atoms with Crippen molar-refractivity contribution in [2.24, 2.45) is 0 Å². The lowest BCUT2D eigenvalue weighted by atomic mass is 10.1. The molecule has 0 unspecified atom stereocenters. The number of nitriles is 1. The zero-order valence-electron chi connectivity index (χ0n) is 8.62. The predicted molar refractivity (Wildman–Crippen MR) is 60.6 cm³/mol. The van der Waals surface area contributed by atoms with Gasteiger partial charge in [-0.1, -0.05) is 0 Å². The molecule has 0 heterocycles. The molecule has 1 aromatic rings. The summed E-state index contributed by atoms with van der Waals surface area (Å²) in [4.78, 5) is 0. The molecule has 80 valence electrons. The van der Waals surface area contributed by atoms with Crippen molar-refractivity contribution in [2.75, 3.05) is 6.61 Å². The third kappa shape index (κ3) is 3.90. The molecule has 0 spiro atoms. The second-order valence-electron chi connectivity index (χ2n) is 3.85. The Morgan fingerprint density at radius 3 is 2.73 bits per heavy atom. The fraction of sp³-hybridized carbons (Fsp3) is 0.364. The second-order valence-corrected chi connectivity index (χ2v) is 4.71. The standard InChI is InChI=1S/C11H12BrNO2/c1-11(2,14)7-15-9-3-4-10(12)8(5-9)6-13/h3-5,14H,7H2,1-2H3. The van der Waals surface area contributed by atoms with E-state index in [-0.39, 0.29) is 6.61 Å².